The molecule has 5 nitrogen and oxygen atoms in total. The molecule has 0 unspecified atom stereocenters. The third kappa shape index (κ3) is 4.78. The summed E-state index contributed by atoms with van der Waals surface area (Å²) in [5, 5.41) is 5.43. The molecule has 0 aliphatic carbocycles. The zero-order valence-electron chi connectivity index (χ0n) is 13.8. The van der Waals surface area contributed by atoms with Crippen molar-refractivity contribution in [2.75, 3.05) is 25.0 Å². The van der Waals surface area contributed by atoms with Crippen molar-refractivity contribution in [2.24, 2.45) is 5.92 Å². The number of anilines is 1. The number of hydrogen-bond acceptors (Lipinski definition) is 3. The molecule has 9 heteroatoms. The van der Waals surface area contributed by atoms with Gasteiger partial charge in [-0.05, 0) is 24.1 Å². The van der Waals surface area contributed by atoms with Crippen LogP contribution in [0.15, 0.2) is 18.2 Å². The van der Waals surface area contributed by atoms with Crippen LogP contribution in [0.4, 0.5) is 18.9 Å². The molecule has 1 atom stereocenters. The van der Waals surface area contributed by atoms with Gasteiger partial charge in [0.05, 0.1) is 22.8 Å². The normalized spacial score (nSPS) is 16.6. The lowest BCUT2D eigenvalue weighted by Crippen LogP contribution is -2.54. The molecule has 1 heterocycles. The largest absolute Gasteiger partial charge is 0.416 e. The van der Waals surface area contributed by atoms with E-state index in [0.29, 0.717) is 13.1 Å². The van der Waals surface area contributed by atoms with Gasteiger partial charge >= 0.3 is 6.18 Å². The Labute approximate surface area is 148 Å². The molecule has 1 saturated heterocycles. The van der Waals surface area contributed by atoms with Gasteiger partial charge in [0, 0.05) is 13.1 Å². The molecule has 0 aromatic heterocycles. The Hall–Kier alpha value is -1.96. The second-order valence-electron chi connectivity index (χ2n) is 6.17. The molecule has 1 aromatic carbocycles. The molecular formula is C16H19ClF3N3O2. The average molecular weight is 378 g/mol. The van der Waals surface area contributed by atoms with Crippen molar-refractivity contribution in [3.8, 4) is 0 Å². The van der Waals surface area contributed by atoms with Crippen LogP contribution in [0.3, 0.4) is 0 Å². The monoisotopic (exact) mass is 377 g/mol. The number of nitrogens with one attached hydrogen (secondary N) is 2. The van der Waals surface area contributed by atoms with Crippen molar-refractivity contribution in [3.63, 3.8) is 0 Å². The van der Waals surface area contributed by atoms with Crippen LogP contribution >= 0.6 is 11.6 Å². The standard InChI is InChI=1S/C16H19ClF3N3O2/c1-9(2)14(15(25)23-6-5-21-13(24)8-23)22-12-4-3-10(7-11(12)17)16(18,19)20/h3-4,7,9,14,22H,5-6,8H2,1-2H3,(H,21,24)/t14-/m0/s1. The van der Waals surface area contributed by atoms with Crippen LogP contribution in [0.1, 0.15) is 19.4 Å². The molecule has 2 N–H and O–H groups in total. The van der Waals surface area contributed by atoms with Gasteiger partial charge in [0.25, 0.3) is 0 Å². The Morgan fingerprint density at radius 3 is 2.56 bits per heavy atom. The van der Waals surface area contributed by atoms with Gasteiger partial charge in [-0.2, -0.15) is 13.2 Å². The van der Waals surface area contributed by atoms with Crippen molar-refractivity contribution in [2.45, 2.75) is 26.1 Å². The smallest absolute Gasteiger partial charge is 0.372 e. The topological polar surface area (TPSA) is 61.4 Å². The van der Waals surface area contributed by atoms with Gasteiger partial charge in [-0.3, -0.25) is 9.59 Å². The Bertz CT molecular complexity index is 665. The first-order valence-corrected chi connectivity index (χ1v) is 8.16. The molecule has 0 bridgehead atoms. The predicted molar refractivity (Wildman–Crippen MR) is 88.3 cm³/mol. The average Bonchev–Trinajstić information content (AvgIpc) is 2.51. The van der Waals surface area contributed by atoms with Crippen LogP contribution in [0.25, 0.3) is 0 Å². The Kier molecular flexibility index (Phi) is 5.82. The van der Waals surface area contributed by atoms with E-state index in [9.17, 15) is 22.8 Å². The first-order chi connectivity index (χ1) is 11.6. The van der Waals surface area contributed by atoms with Gasteiger partial charge in [-0.25, -0.2) is 0 Å². The number of carbonyl (C=O) groups is 2. The minimum absolute atomic E-state index is 0.0372. The third-order valence-corrected chi connectivity index (χ3v) is 4.20. The molecule has 2 amide bonds. The highest BCUT2D eigenvalue weighted by Gasteiger charge is 2.33. The molecule has 0 radical (unpaired) electrons. The second kappa shape index (κ2) is 7.51. The summed E-state index contributed by atoms with van der Waals surface area (Å²) in [6.45, 7) is 4.33. The molecule has 1 aromatic rings. The summed E-state index contributed by atoms with van der Waals surface area (Å²) in [5.74, 6) is -0.689. The first kappa shape index (κ1) is 19.4. The number of rotatable bonds is 4. The summed E-state index contributed by atoms with van der Waals surface area (Å²) in [6.07, 6.45) is -4.49. The number of hydrogen-bond donors (Lipinski definition) is 2. The van der Waals surface area contributed by atoms with Gasteiger partial charge in [-0.1, -0.05) is 25.4 Å². The maximum atomic E-state index is 12.7. The van der Waals surface area contributed by atoms with E-state index in [2.05, 4.69) is 10.6 Å². The first-order valence-electron chi connectivity index (χ1n) is 7.78. The summed E-state index contributed by atoms with van der Waals surface area (Å²) in [4.78, 5) is 25.6. The maximum absolute atomic E-state index is 12.7. The van der Waals surface area contributed by atoms with Crippen LogP contribution in [-0.2, 0) is 15.8 Å². The van der Waals surface area contributed by atoms with E-state index < -0.39 is 17.8 Å². The van der Waals surface area contributed by atoms with Crippen molar-refractivity contribution >= 4 is 29.1 Å². The van der Waals surface area contributed by atoms with Gasteiger partial charge in [0.2, 0.25) is 11.8 Å². The molecule has 1 aliphatic rings. The SMILES string of the molecule is CC(C)[C@H](Nc1ccc(C(F)(F)F)cc1Cl)C(=O)N1CCNC(=O)C1. The third-order valence-electron chi connectivity index (χ3n) is 3.89. The Morgan fingerprint density at radius 2 is 2.04 bits per heavy atom. The quantitative estimate of drug-likeness (QED) is 0.848. The Balaban J connectivity index is 2.19. The number of nitrogens with zero attached hydrogens (tertiary/aromatic N) is 1. The highest BCUT2D eigenvalue weighted by molar-refractivity contribution is 6.33. The van der Waals surface area contributed by atoms with Crippen molar-refractivity contribution in [1.82, 2.24) is 10.2 Å². The minimum Gasteiger partial charge on any atom is -0.372 e. The lowest BCUT2D eigenvalue weighted by atomic mass is 10.0. The van der Waals surface area contributed by atoms with Crippen LogP contribution in [0.2, 0.25) is 5.02 Å². The fourth-order valence-corrected chi connectivity index (χ4v) is 2.75. The highest BCUT2D eigenvalue weighted by Crippen LogP contribution is 2.34. The van der Waals surface area contributed by atoms with E-state index in [1.807, 2.05) is 0 Å². The van der Waals surface area contributed by atoms with Crippen molar-refractivity contribution < 1.29 is 22.8 Å². The highest BCUT2D eigenvalue weighted by atomic mass is 35.5. The molecule has 0 spiro atoms. The fourth-order valence-electron chi connectivity index (χ4n) is 2.51. The van der Waals surface area contributed by atoms with E-state index in [1.165, 1.54) is 11.0 Å². The van der Waals surface area contributed by atoms with Crippen LogP contribution in [0, 0.1) is 5.92 Å². The van der Waals surface area contributed by atoms with E-state index >= 15 is 0 Å². The lowest BCUT2D eigenvalue weighted by molar-refractivity contribution is -0.139. The van der Waals surface area contributed by atoms with Crippen LogP contribution in [-0.4, -0.2) is 42.4 Å². The van der Waals surface area contributed by atoms with Crippen molar-refractivity contribution in [3.05, 3.63) is 28.8 Å². The number of carbonyl (C=O) groups excluding carboxylic acids is 2. The molecule has 2 rings (SSSR count). The summed E-state index contributed by atoms with van der Waals surface area (Å²) in [6, 6.07) is 2.22. The zero-order chi connectivity index (χ0) is 18.8. The summed E-state index contributed by atoms with van der Waals surface area (Å²) in [7, 11) is 0. The molecule has 0 saturated carbocycles. The predicted octanol–water partition coefficient (Wildman–Crippen LogP) is 2.75. The van der Waals surface area contributed by atoms with Gasteiger partial charge in [-0.15, -0.1) is 0 Å². The number of amides is 2. The summed E-state index contributed by atoms with van der Waals surface area (Å²) >= 11 is 5.95. The maximum Gasteiger partial charge on any atom is 0.416 e. The van der Waals surface area contributed by atoms with E-state index in [1.54, 1.807) is 13.8 Å². The molecule has 138 valence electrons. The van der Waals surface area contributed by atoms with Gasteiger partial charge < -0.3 is 15.5 Å². The summed E-state index contributed by atoms with van der Waals surface area (Å²) in [5.41, 5.74) is -0.619. The molecule has 1 fully saturated rings. The minimum atomic E-state index is -4.49. The van der Waals surface area contributed by atoms with E-state index in [4.69, 9.17) is 11.6 Å². The summed E-state index contributed by atoms with van der Waals surface area (Å²) < 4.78 is 38.2. The van der Waals surface area contributed by atoms with Gasteiger partial charge in [0.1, 0.15) is 6.04 Å². The lowest BCUT2D eigenvalue weighted by Gasteiger charge is -2.32. The van der Waals surface area contributed by atoms with Crippen LogP contribution in [0.5, 0.6) is 0 Å². The molecule has 1 aliphatic heterocycles. The van der Waals surface area contributed by atoms with Crippen LogP contribution < -0.4 is 10.6 Å². The number of piperazine rings is 1. The Morgan fingerprint density at radius 1 is 1.36 bits per heavy atom. The number of benzene rings is 1. The molecular weight excluding hydrogens is 359 g/mol. The van der Waals surface area contributed by atoms with E-state index in [0.717, 1.165) is 12.1 Å². The number of halogens is 4. The van der Waals surface area contributed by atoms with E-state index in [-0.39, 0.29) is 35.0 Å². The second-order valence-corrected chi connectivity index (χ2v) is 6.58. The zero-order valence-corrected chi connectivity index (χ0v) is 14.5. The number of alkyl halides is 3. The molecule has 25 heavy (non-hydrogen) atoms. The van der Waals surface area contributed by atoms with Gasteiger partial charge in [0.15, 0.2) is 0 Å². The fraction of sp³-hybridized carbons (Fsp3) is 0.500. The van der Waals surface area contributed by atoms with Crippen molar-refractivity contribution in [1.29, 1.82) is 0 Å².